The zero-order chi connectivity index (χ0) is 24.5. The van der Waals surface area contributed by atoms with Gasteiger partial charge in [-0.25, -0.2) is 13.9 Å². The lowest BCUT2D eigenvalue weighted by Gasteiger charge is -2.13. The van der Waals surface area contributed by atoms with Crippen molar-refractivity contribution in [3.8, 4) is 22.5 Å². The van der Waals surface area contributed by atoms with Gasteiger partial charge in [0, 0.05) is 36.5 Å². The summed E-state index contributed by atoms with van der Waals surface area (Å²) in [6.45, 7) is 0.654. The number of carbonyl (C=O) groups excluding carboxylic acids is 1. The van der Waals surface area contributed by atoms with E-state index in [1.807, 2.05) is 62.6 Å². The topological polar surface area (TPSA) is 80.4 Å². The lowest BCUT2D eigenvalue weighted by atomic mass is 10.1. The van der Waals surface area contributed by atoms with Crippen LogP contribution in [0.1, 0.15) is 15.9 Å². The highest BCUT2D eigenvalue weighted by Gasteiger charge is 2.16. The number of imidazole rings is 1. The first-order valence-corrected chi connectivity index (χ1v) is 11.1. The van der Waals surface area contributed by atoms with Crippen LogP contribution in [0.3, 0.4) is 0 Å². The summed E-state index contributed by atoms with van der Waals surface area (Å²) in [6.07, 6.45) is 3.55. The minimum Gasteiger partial charge on any atom is -0.305 e. The van der Waals surface area contributed by atoms with Crippen LogP contribution in [-0.2, 0) is 13.6 Å². The van der Waals surface area contributed by atoms with Gasteiger partial charge in [-0.3, -0.25) is 9.48 Å². The summed E-state index contributed by atoms with van der Waals surface area (Å²) in [5, 5.41) is 12.1. The lowest BCUT2D eigenvalue weighted by molar-refractivity contribution is 0.102. The van der Waals surface area contributed by atoms with Gasteiger partial charge in [0.2, 0.25) is 0 Å². The zero-order valence-electron chi connectivity index (χ0n) is 19.6. The largest absolute Gasteiger partial charge is 0.305 e. The van der Waals surface area contributed by atoms with Crippen molar-refractivity contribution in [1.29, 1.82) is 0 Å². The molecular formula is C26H24FN7O. The molecule has 5 aromatic rings. The van der Waals surface area contributed by atoms with Crippen LogP contribution in [0.2, 0.25) is 0 Å². The third-order valence-corrected chi connectivity index (χ3v) is 5.53. The van der Waals surface area contributed by atoms with Crippen molar-refractivity contribution < 1.29 is 9.18 Å². The molecule has 0 saturated heterocycles. The van der Waals surface area contributed by atoms with E-state index in [4.69, 9.17) is 0 Å². The number of nitrogens with one attached hydrogen (secondary N) is 1. The van der Waals surface area contributed by atoms with Gasteiger partial charge in [-0.05, 0) is 62.1 Å². The second kappa shape index (κ2) is 9.11. The monoisotopic (exact) mass is 469 g/mol. The molecule has 0 unspecified atom stereocenters. The maximum atomic E-state index is 13.4. The molecule has 35 heavy (non-hydrogen) atoms. The standard InChI is InChI=1S/C26H24FN7O/c1-32(2)14-18-6-4-5-7-20(18)26(35)29-23-16-34-24(28-23)13-12-22(30-34)21-15-33(3)31-25(21)17-8-10-19(27)11-9-17/h4-13,15-16H,14H2,1-3H3,(H,29,35). The number of amides is 1. The third-order valence-electron chi connectivity index (χ3n) is 5.53. The van der Waals surface area contributed by atoms with Gasteiger partial charge in [0.1, 0.15) is 11.5 Å². The maximum Gasteiger partial charge on any atom is 0.257 e. The third kappa shape index (κ3) is 4.67. The van der Waals surface area contributed by atoms with E-state index in [2.05, 4.69) is 20.5 Å². The van der Waals surface area contributed by atoms with Crippen molar-refractivity contribution in [2.45, 2.75) is 6.54 Å². The smallest absolute Gasteiger partial charge is 0.257 e. The summed E-state index contributed by atoms with van der Waals surface area (Å²) < 4.78 is 16.7. The molecule has 0 saturated carbocycles. The van der Waals surface area contributed by atoms with Crippen molar-refractivity contribution in [2.75, 3.05) is 19.4 Å². The summed E-state index contributed by atoms with van der Waals surface area (Å²) in [5.41, 5.74) is 5.10. The second-order valence-electron chi connectivity index (χ2n) is 8.57. The van der Waals surface area contributed by atoms with E-state index in [1.165, 1.54) is 12.1 Å². The van der Waals surface area contributed by atoms with E-state index in [0.717, 1.165) is 16.7 Å². The van der Waals surface area contributed by atoms with Gasteiger partial charge in [-0.1, -0.05) is 18.2 Å². The maximum absolute atomic E-state index is 13.4. The van der Waals surface area contributed by atoms with E-state index < -0.39 is 0 Å². The Hall–Kier alpha value is -4.37. The van der Waals surface area contributed by atoms with Gasteiger partial charge in [0.25, 0.3) is 5.91 Å². The van der Waals surface area contributed by atoms with Gasteiger partial charge in [0.05, 0.1) is 11.9 Å². The molecule has 3 aromatic heterocycles. The van der Waals surface area contributed by atoms with Crippen LogP contribution in [0.4, 0.5) is 10.2 Å². The highest BCUT2D eigenvalue weighted by molar-refractivity contribution is 6.04. The number of aromatic nitrogens is 5. The van der Waals surface area contributed by atoms with Crippen molar-refractivity contribution in [3.05, 3.63) is 90.0 Å². The summed E-state index contributed by atoms with van der Waals surface area (Å²) in [7, 11) is 5.75. The molecule has 0 aliphatic carbocycles. The van der Waals surface area contributed by atoms with Crippen molar-refractivity contribution in [2.24, 2.45) is 7.05 Å². The fourth-order valence-corrected chi connectivity index (χ4v) is 3.99. The molecule has 8 nitrogen and oxygen atoms in total. The Balaban J connectivity index is 1.45. The van der Waals surface area contributed by atoms with Crippen molar-refractivity contribution >= 4 is 17.4 Å². The van der Waals surface area contributed by atoms with Crippen LogP contribution in [0.25, 0.3) is 28.2 Å². The Labute approximate surface area is 201 Å². The fraction of sp³-hybridized carbons (Fsp3) is 0.154. The molecule has 9 heteroatoms. The van der Waals surface area contributed by atoms with Crippen LogP contribution in [0.5, 0.6) is 0 Å². The fourth-order valence-electron chi connectivity index (χ4n) is 3.99. The number of hydrogen-bond donors (Lipinski definition) is 1. The van der Waals surface area contributed by atoms with E-state index in [-0.39, 0.29) is 11.7 Å². The van der Waals surface area contributed by atoms with Gasteiger partial charge in [-0.15, -0.1) is 0 Å². The van der Waals surface area contributed by atoms with Gasteiger partial charge in [0.15, 0.2) is 11.5 Å². The Morgan fingerprint density at radius 1 is 1.00 bits per heavy atom. The molecule has 0 aliphatic rings. The minimum absolute atomic E-state index is 0.225. The molecular weight excluding hydrogens is 445 g/mol. The quantitative estimate of drug-likeness (QED) is 0.402. The van der Waals surface area contributed by atoms with Crippen LogP contribution < -0.4 is 5.32 Å². The highest BCUT2D eigenvalue weighted by atomic mass is 19.1. The Morgan fingerprint density at radius 3 is 2.54 bits per heavy atom. The zero-order valence-corrected chi connectivity index (χ0v) is 19.6. The van der Waals surface area contributed by atoms with E-state index in [0.29, 0.717) is 35.0 Å². The average Bonchev–Trinajstić information content (AvgIpc) is 3.41. The number of rotatable bonds is 6. The molecule has 5 rings (SSSR count). The Kier molecular flexibility index (Phi) is 5.84. The van der Waals surface area contributed by atoms with Gasteiger partial charge in [-0.2, -0.15) is 10.2 Å². The van der Waals surface area contributed by atoms with Gasteiger partial charge >= 0.3 is 0 Å². The Bertz CT molecular complexity index is 1520. The molecule has 0 fully saturated rings. The summed E-state index contributed by atoms with van der Waals surface area (Å²) in [6, 6.07) is 17.4. The predicted molar refractivity (Wildman–Crippen MR) is 132 cm³/mol. The number of fused-ring (bicyclic) bond motifs is 1. The minimum atomic E-state index is -0.303. The van der Waals surface area contributed by atoms with E-state index >= 15 is 0 Å². The number of hydrogen-bond acceptors (Lipinski definition) is 5. The van der Waals surface area contributed by atoms with Gasteiger partial charge < -0.3 is 10.2 Å². The SMILES string of the molecule is CN(C)Cc1ccccc1C(=O)Nc1cn2nc(-c3cn(C)nc3-c3ccc(F)cc3)ccc2n1. The molecule has 1 N–H and O–H groups in total. The van der Waals surface area contributed by atoms with Crippen molar-refractivity contribution in [1.82, 2.24) is 29.3 Å². The molecule has 0 atom stereocenters. The molecule has 0 aliphatic heterocycles. The van der Waals surface area contributed by atoms with Crippen molar-refractivity contribution in [3.63, 3.8) is 0 Å². The number of halogens is 1. The number of carbonyl (C=O) groups is 1. The van der Waals surface area contributed by atoms with E-state index in [9.17, 15) is 9.18 Å². The number of anilines is 1. The molecule has 3 heterocycles. The Morgan fingerprint density at radius 2 is 1.77 bits per heavy atom. The summed E-state index contributed by atoms with van der Waals surface area (Å²) in [5.74, 6) is -0.121. The molecule has 2 aromatic carbocycles. The predicted octanol–water partition coefficient (Wildman–Crippen LogP) is 4.25. The lowest BCUT2D eigenvalue weighted by Crippen LogP contribution is -2.18. The molecule has 0 spiro atoms. The first-order chi connectivity index (χ1) is 16.9. The first-order valence-electron chi connectivity index (χ1n) is 11.1. The summed E-state index contributed by atoms with van der Waals surface area (Å²) >= 11 is 0. The van der Waals surface area contributed by atoms with Crippen LogP contribution in [0, 0.1) is 5.82 Å². The molecule has 1 amide bonds. The normalized spacial score (nSPS) is 11.3. The van der Waals surface area contributed by atoms with Crippen LogP contribution in [-0.4, -0.2) is 49.3 Å². The van der Waals surface area contributed by atoms with E-state index in [1.54, 1.807) is 33.6 Å². The van der Waals surface area contributed by atoms with Crippen LogP contribution in [0.15, 0.2) is 73.1 Å². The second-order valence-corrected chi connectivity index (χ2v) is 8.57. The summed E-state index contributed by atoms with van der Waals surface area (Å²) in [4.78, 5) is 19.5. The first kappa shape index (κ1) is 22.4. The number of aryl methyl sites for hydroxylation is 1. The average molecular weight is 470 g/mol. The van der Waals surface area contributed by atoms with Crippen LogP contribution >= 0.6 is 0 Å². The number of benzene rings is 2. The molecule has 0 radical (unpaired) electrons. The molecule has 176 valence electrons. The highest BCUT2D eigenvalue weighted by Crippen LogP contribution is 2.30. The number of nitrogens with zero attached hydrogens (tertiary/aromatic N) is 6. The molecule has 0 bridgehead atoms.